The zero-order valence-corrected chi connectivity index (χ0v) is 90.0. The van der Waals surface area contributed by atoms with Crippen LogP contribution in [0.3, 0.4) is 0 Å². The SMILES string of the molecule is CC(C)NC(=O)c1ccccc1.CCC(C)OC(=O)Nc1ccccc1.CCOC(=O)Nc1ccccc1.CCS(=O)(=O)N(C)c1ccccc1.CCS(=O)(=O)Nc1ccccc1.CN(c1ccccc1)S(C)(=O)=O.CNS(=O)(=O)c1ccccc1.COC(=O)Nc1ccccc1.CS(=O)(=O)Nc1ccccc1.NS(=O)(=O)c1ccccc1.O=S(=O)(CCCCl)Nc1ccccc1.O=S(=O)(Nc1ccccc1)C1CC1. The molecule has 0 spiro atoms. The van der Waals surface area contributed by atoms with Crippen molar-refractivity contribution in [3.05, 3.63) is 370 Å². The van der Waals surface area contributed by atoms with Crippen LogP contribution >= 0.6 is 11.6 Å². The second-order valence-corrected chi connectivity index (χ2v) is 45.8. The molecule has 0 bridgehead atoms. The molecule has 1 atom stereocenters. The highest BCUT2D eigenvalue weighted by molar-refractivity contribution is 7.94. The van der Waals surface area contributed by atoms with Crippen LogP contribution in [-0.4, -0.2) is 179 Å². The minimum absolute atomic E-state index is 0.00870. The number of anilines is 9. The predicted octanol–water partition coefficient (Wildman–Crippen LogP) is 18.6. The Hall–Kier alpha value is -13.5. The molecule has 145 heavy (non-hydrogen) atoms. The first kappa shape index (κ1) is 128. The molecular formula is C101H131ClN12O23S8. The lowest BCUT2D eigenvalue weighted by Crippen LogP contribution is -2.29. The second-order valence-electron chi connectivity index (χ2n) is 30.1. The third kappa shape index (κ3) is 60.7. The van der Waals surface area contributed by atoms with Gasteiger partial charge in [0.1, 0.15) is 6.10 Å². The van der Waals surface area contributed by atoms with Gasteiger partial charge in [0.25, 0.3) is 5.91 Å². The van der Waals surface area contributed by atoms with Crippen molar-refractivity contribution in [2.45, 2.75) is 101 Å². The number of carbonyl (C=O) groups is 4. The summed E-state index contributed by atoms with van der Waals surface area (Å²) in [5.41, 5.74) is 6.76. The predicted molar refractivity (Wildman–Crippen MR) is 585 cm³/mol. The molecule has 1 aliphatic rings. The number of amides is 4. The number of para-hydroxylation sites is 9. The smallest absolute Gasteiger partial charge is 0.411 e. The van der Waals surface area contributed by atoms with E-state index in [0.29, 0.717) is 63.5 Å². The number of benzene rings is 12. The third-order valence-corrected chi connectivity index (χ3v) is 28.6. The summed E-state index contributed by atoms with van der Waals surface area (Å²) in [5.74, 6) is 0.632. The maximum absolute atomic E-state index is 11.5. The Morgan fingerprint density at radius 3 is 1.02 bits per heavy atom. The quantitative estimate of drug-likeness (QED) is 0.0154. The Bertz CT molecular complexity index is 6620. The Labute approximate surface area is 861 Å². The summed E-state index contributed by atoms with van der Waals surface area (Å²) in [7, 11) is -19.7. The average molecular weight is 2170 g/mol. The van der Waals surface area contributed by atoms with Gasteiger partial charge in [0.15, 0.2) is 0 Å². The Morgan fingerprint density at radius 2 is 0.717 bits per heavy atom. The van der Waals surface area contributed by atoms with Crippen molar-refractivity contribution in [1.82, 2.24) is 10.0 Å². The Kier molecular flexibility index (Phi) is 60.5. The minimum atomic E-state index is -3.50. The van der Waals surface area contributed by atoms with Crippen LogP contribution in [0.2, 0.25) is 0 Å². The molecule has 0 aliphatic heterocycles. The van der Waals surface area contributed by atoms with E-state index in [1.54, 1.807) is 234 Å². The summed E-state index contributed by atoms with van der Waals surface area (Å²) in [6.45, 7) is 13.1. The summed E-state index contributed by atoms with van der Waals surface area (Å²) in [4.78, 5) is 44.6. The molecule has 12 aromatic rings. The van der Waals surface area contributed by atoms with Crippen LogP contribution in [0.4, 0.5) is 65.6 Å². The van der Waals surface area contributed by atoms with Gasteiger partial charge in [-0.15, -0.1) is 11.6 Å². The van der Waals surface area contributed by atoms with Gasteiger partial charge in [-0.1, -0.05) is 225 Å². The standard InChI is InChI=1S/C11H15NO2.C10H13NO.C9H12ClNO2S.C9H11NO2S.C9H13NO2S.C9H11NO2.2C8H11NO2S.C8H9NO2.2C7H9NO2S.C6H7NO2S/c1-3-9(2)14-11(13)12-10-7-5-4-6-8-10;1-8(2)11-10(12)9-6-4-3-5-7-9;10-7-4-8-14(12,13)11-9-5-2-1-3-6-9;11-13(12,9-6-7-9)10-8-4-2-1-3-5-8;1-3-13(11,12)10(2)9-7-5-4-6-8-9;1-2-12-9(11)10-8-6-4-3-5-7-8;1-9(12(2,10)11)8-6-4-3-5-7-8;1-2-12(10,11)9-8-6-4-3-5-7-8;1-11-8(10)9-7-5-3-2-4-6-7;1-11(9,10)8-7-5-3-2-4-6-7;1-8-11(9,10)7-5-3-2-4-6-7;7-10(8,9)6-4-2-1-3-5-6/h4-9H,3H2,1-2H3,(H,12,13);3-8H,1-2H3,(H,11,12);1-3,5-6,11H,4,7-8H2;1-5,9-10H,6-7H2;4-8H,3H2,1-2H3;3-7H,2H2,1H3,(H,10,11);3-7H,1-2H3;3-7,9H,2H2,1H3;2-6H,1H3,(H,9,10);2*2-6,8H,1H3;1-5H,(H2,7,8,9). The van der Waals surface area contributed by atoms with Gasteiger partial charge in [-0.3, -0.25) is 48.2 Å². The van der Waals surface area contributed by atoms with Crippen LogP contribution in [-0.2, 0) is 94.4 Å². The van der Waals surface area contributed by atoms with Crippen LogP contribution in [0, 0.1) is 0 Å². The molecule has 44 heteroatoms. The molecule has 0 radical (unpaired) electrons. The second kappa shape index (κ2) is 68.7. The summed E-state index contributed by atoms with van der Waals surface area (Å²) in [6.07, 6.45) is 3.88. The van der Waals surface area contributed by atoms with Crippen LogP contribution in [0.15, 0.2) is 374 Å². The van der Waals surface area contributed by atoms with Gasteiger partial charge in [-0.25, -0.2) is 91.6 Å². The molecule has 4 amide bonds. The lowest BCUT2D eigenvalue weighted by molar-refractivity contribution is 0.0942. The van der Waals surface area contributed by atoms with E-state index in [1.807, 2.05) is 173 Å². The van der Waals surface area contributed by atoms with Gasteiger partial charge in [-0.2, -0.15) is 0 Å². The number of hydrogen-bond acceptors (Lipinski definition) is 23. The van der Waals surface area contributed by atoms with Crippen molar-refractivity contribution < 1.29 is 101 Å². The first-order valence-corrected chi connectivity index (χ1v) is 58.4. The van der Waals surface area contributed by atoms with Crippen LogP contribution < -0.4 is 58.6 Å². The highest BCUT2D eigenvalue weighted by Crippen LogP contribution is 2.30. The number of halogens is 1. The fourth-order valence-electron chi connectivity index (χ4n) is 10.1. The van der Waals surface area contributed by atoms with E-state index in [0.717, 1.165) is 42.6 Å². The van der Waals surface area contributed by atoms with E-state index in [4.69, 9.17) is 26.2 Å². The van der Waals surface area contributed by atoms with Crippen molar-refractivity contribution in [1.29, 1.82) is 0 Å². The summed E-state index contributed by atoms with van der Waals surface area (Å²) in [6, 6.07) is 106. The fourth-order valence-corrected chi connectivity index (χ4v) is 16.7. The molecule has 12 aromatic carbocycles. The minimum Gasteiger partial charge on any atom is -0.453 e. The topological polar surface area (TPSA) is 510 Å². The monoisotopic (exact) mass is 2170 g/mol. The number of hydrogen-bond donors (Lipinski definition) is 10. The summed E-state index contributed by atoms with van der Waals surface area (Å²) < 4.78 is 206. The van der Waals surface area contributed by atoms with E-state index < -0.39 is 98.5 Å². The molecule has 35 nitrogen and oxygen atoms in total. The van der Waals surface area contributed by atoms with Gasteiger partial charge >= 0.3 is 18.3 Å². The van der Waals surface area contributed by atoms with Crippen molar-refractivity contribution in [3.8, 4) is 0 Å². The maximum atomic E-state index is 11.5. The number of alkyl halides is 1. The molecule has 788 valence electrons. The van der Waals surface area contributed by atoms with Crippen molar-refractivity contribution >= 4 is 167 Å². The van der Waals surface area contributed by atoms with Gasteiger partial charge < -0.3 is 19.5 Å². The number of nitrogens with one attached hydrogen (secondary N) is 9. The number of nitrogens with zero attached hydrogens (tertiary/aromatic N) is 2. The number of ether oxygens (including phenoxy) is 3. The Morgan fingerprint density at radius 1 is 0.400 bits per heavy atom. The highest BCUT2D eigenvalue weighted by Gasteiger charge is 2.35. The molecule has 0 saturated heterocycles. The normalized spacial score (nSPS) is 11.3. The molecule has 1 fully saturated rings. The van der Waals surface area contributed by atoms with Gasteiger partial charge in [0.05, 0.1) is 69.9 Å². The average Bonchev–Trinajstić information content (AvgIpc) is 1.68. The van der Waals surface area contributed by atoms with Gasteiger partial charge in [0.2, 0.25) is 80.2 Å². The molecule has 0 aromatic heterocycles. The number of sulfonamides is 8. The largest absolute Gasteiger partial charge is 0.453 e. The number of rotatable bonds is 29. The zero-order valence-electron chi connectivity index (χ0n) is 82.7. The van der Waals surface area contributed by atoms with E-state index >= 15 is 0 Å². The van der Waals surface area contributed by atoms with Crippen molar-refractivity contribution in [2.24, 2.45) is 5.14 Å². The van der Waals surface area contributed by atoms with Crippen LogP contribution in [0.1, 0.15) is 84.5 Å². The van der Waals surface area contributed by atoms with Crippen LogP contribution in [0.25, 0.3) is 0 Å². The maximum Gasteiger partial charge on any atom is 0.411 e. The van der Waals surface area contributed by atoms with E-state index in [1.165, 1.54) is 48.2 Å². The fraction of sp³-hybridized carbons (Fsp3) is 0.248. The molecule has 1 aliphatic carbocycles. The van der Waals surface area contributed by atoms with Crippen molar-refractivity contribution in [3.63, 3.8) is 0 Å². The number of carbonyl (C=O) groups excluding carboxylic acids is 4. The molecule has 0 heterocycles. The molecular weight excluding hydrogens is 2040 g/mol. The zero-order chi connectivity index (χ0) is 108. The van der Waals surface area contributed by atoms with E-state index in [9.17, 15) is 86.5 Å². The van der Waals surface area contributed by atoms with Crippen LogP contribution in [0.5, 0.6) is 0 Å². The third-order valence-electron chi connectivity index (χ3n) is 17.9. The molecule has 13 rings (SSSR count). The first-order valence-electron chi connectivity index (χ1n) is 44.6. The number of primary sulfonamides is 1. The molecule has 11 N–H and O–H groups in total. The lowest BCUT2D eigenvalue weighted by Gasteiger charge is -2.17. The first-order chi connectivity index (χ1) is 68.5. The van der Waals surface area contributed by atoms with E-state index in [-0.39, 0.29) is 45.5 Å². The molecule has 1 saturated carbocycles. The van der Waals surface area contributed by atoms with Gasteiger partial charge in [0, 0.05) is 71.4 Å². The summed E-state index contributed by atoms with van der Waals surface area (Å²) >= 11 is 5.42. The summed E-state index contributed by atoms with van der Waals surface area (Å²) in [5, 5.41) is 15.2. The van der Waals surface area contributed by atoms with Gasteiger partial charge in [-0.05, 0) is 220 Å². The molecule has 1 unspecified atom stereocenters. The highest BCUT2D eigenvalue weighted by atomic mass is 35.5. The Balaban J connectivity index is 0.000000535. The van der Waals surface area contributed by atoms with E-state index in [2.05, 4.69) is 49.6 Å². The number of methoxy groups -OCH3 is 1. The lowest BCUT2D eigenvalue weighted by atomic mass is 10.2. The van der Waals surface area contributed by atoms with Crippen molar-refractivity contribution in [2.75, 3.05) is 114 Å². The number of nitrogens with two attached hydrogens (primary N) is 1.